The van der Waals surface area contributed by atoms with E-state index in [4.69, 9.17) is 5.73 Å². The number of benzene rings is 1. The van der Waals surface area contributed by atoms with Gasteiger partial charge in [0, 0.05) is 6.07 Å². The van der Waals surface area contributed by atoms with E-state index in [0.29, 0.717) is 5.56 Å². The molecule has 0 atom stereocenters. The fourth-order valence-electron chi connectivity index (χ4n) is 1.59. The van der Waals surface area contributed by atoms with Crippen LogP contribution in [0.5, 0.6) is 0 Å². The molecule has 0 radical (unpaired) electrons. The average molecular weight is 257 g/mol. The van der Waals surface area contributed by atoms with E-state index in [0.717, 1.165) is 6.07 Å². The Morgan fingerprint density at radius 3 is 2.58 bits per heavy atom. The highest BCUT2D eigenvalue weighted by atomic mass is 16.4. The molecule has 0 aliphatic rings. The first-order chi connectivity index (χ1) is 9.06. The van der Waals surface area contributed by atoms with Crippen LogP contribution in [0.3, 0.4) is 0 Å². The van der Waals surface area contributed by atoms with Crippen LogP contribution in [0.15, 0.2) is 41.2 Å². The molecule has 96 valence electrons. The van der Waals surface area contributed by atoms with E-state index < -0.39 is 11.5 Å². The second-order valence-corrected chi connectivity index (χ2v) is 3.78. The number of hydrogen-bond donors (Lipinski definition) is 3. The van der Waals surface area contributed by atoms with Gasteiger partial charge in [0.05, 0.1) is 5.57 Å². The number of carbonyl (C=O) groups is 1. The molecule has 0 fully saturated rings. The minimum Gasteiger partial charge on any atom is -0.478 e. The predicted octanol–water partition coefficient (Wildman–Crippen LogP) is 0.977. The molecule has 0 aliphatic heterocycles. The molecular weight excluding hydrogens is 246 g/mol. The van der Waals surface area contributed by atoms with E-state index in [1.54, 1.807) is 30.3 Å². The summed E-state index contributed by atoms with van der Waals surface area (Å²) >= 11 is 0. The molecule has 0 unspecified atom stereocenters. The summed E-state index contributed by atoms with van der Waals surface area (Å²) in [5.41, 5.74) is 5.54. The lowest BCUT2D eigenvalue weighted by molar-refractivity contribution is -0.130. The zero-order chi connectivity index (χ0) is 13.8. The highest BCUT2D eigenvalue weighted by Crippen LogP contribution is 2.16. The normalized spacial score (nSPS) is 11.3. The monoisotopic (exact) mass is 257 g/mol. The van der Waals surface area contributed by atoms with Crippen molar-refractivity contribution in [3.8, 4) is 0 Å². The van der Waals surface area contributed by atoms with Crippen molar-refractivity contribution in [2.45, 2.75) is 0 Å². The van der Waals surface area contributed by atoms with Gasteiger partial charge in [-0.05, 0) is 11.6 Å². The predicted molar refractivity (Wildman–Crippen MR) is 71.2 cm³/mol. The molecular formula is C13H11N3O3. The Morgan fingerprint density at radius 1 is 1.32 bits per heavy atom. The lowest BCUT2D eigenvalue weighted by Gasteiger charge is -2.02. The fourth-order valence-corrected chi connectivity index (χ4v) is 1.59. The van der Waals surface area contributed by atoms with Gasteiger partial charge >= 0.3 is 5.97 Å². The first kappa shape index (κ1) is 12.6. The maximum atomic E-state index is 11.3. The van der Waals surface area contributed by atoms with Gasteiger partial charge < -0.3 is 15.8 Å². The average Bonchev–Trinajstić information content (AvgIpc) is 2.35. The Morgan fingerprint density at radius 2 is 2.00 bits per heavy atom. The number of aromatic nitrogens is 2. The molecule has 1 aromatic heterocycles. The van der Waals surface area contributed by atoms with Crippen molar-refractivity contribution in [3.05, 3.63) is 58.1 Å². The molecule has 1 heterocycles. The first-order valence-electron chi connectivity index (χ1n) is 5.43. The number of aliphatic carboxylic acids is 1. The van der Waals surface area contributed by atoms with Gasteiger partial charge in [-0.1, -0.05) is 30.3 Å². The Labute approximate surface area is 108 Å². The molecule has 0 aliphatic carbocycles. The van der Waals surface area contributed by atoms with Crippen molar-refractivity contribution in [3.63, 3.8) is 0 Å². The van der Waals surface area contributed by atoms with Crippen LogP contribution in [0.2, 0.25) is 0 Å². The van der Waals surface area contributed by atoms with E-state index in [1.807, 2.05) is 0 Å². The standard InChI is InChI=1S/C13H11N3O3/c14-10-7-12(17)16-11(15-10)6-9(13(18)19)8-4-2-1-3-5-8/h1-7H,(H,18,19)(H3,14,15,16,17)/b9-6-. The zero-order valence-electron chi connectivity index (χ0n) is 9.83. The van der Waals surface area contributed by atoms with Crippen LogP contribution in [-0.2, 0) is 4.79 Å². The van der Waals surface area contributed by atoms with E-state index in [9.17, 15) is 14.7 Å². The molecule has 2 rings (SSSR count). The third-order valence-corrected chi connectivity index (χ3v) is 2.38. The maximum Gasteiger partial charge on any atom is 0.336 e. The summed E-state index contributed by atoms with van der Waals surface area (Å²) in [6, 6.07) is 9.67. The van der Waals surface area contributed by atoms with Crippen LogP contribution in [0.25, 0.3) is 11.6 Å². The SMILES string of the molecule is Nc1cc(=O)[nH]c(/C=C(\C(=O)O)c2ccccc2)n1. The number of aromatic amines is 1. The summed E-state index contributed by atoms with van der Waals surface area (Å²) in [5.74, 6) is -0.977. The van der Waals surface area contributed by atoms with Gasteiger partial charge in [0.15, 0.2) is 0 Å². The van der Waals surface area contributed by atoms with Crippen LogP contribution >= 0.6 is 0 Å². The summed E-state index contributed by atoms with van der Waals surface area (Å²) in [5, 5.41) is 9.21. The van der Waals surface area contributed by atoms with E-state index in [-0.39, 0.29) is 17.2 Å². The molecule has 1 aromatic carbocycles. The minimum atomic E-state index is -1.11. The molecule has 6 heteroatoms. The Hall–Kier alpha value is -2.89. The number of carboxylic acid groups (broad SMARTS) is 1. The molecule has 0 amide bonds. The fraction of sp³-hybridized carbons (Fsp3) is 0. The van der Waals surface area contributed by atoms with Crippen LogP contribution < -0.4 is 11.3 Å². The van der Waals surface area contributed by atoms with E-state index >= 15 is 0 Å². The van der Waals surface area contributed by atoms with Crippen molar-refractivity contribution < 1.29 is 9.90 Å². The quantitative estimate of drug-likeness (QED) is 0.710. The third kappa shape index (κ3) is 3.06. The lowest BCUT2D eigenvalue weighted by atomic mass is 10.1. The molecule has 0 saturated carbocycles. The molecule has 0 spiro atoms. The molecule has 4 N–H and O–H groups in total. The largest absolute Gasteiger partial charge is 0.478 e. The number of nitrogens with one attached hydrogen (secondary N) is 1. The van der Waals surface area contributed by atoms with Crippen LogP contribution in [0, 0.1) is 0 Å². The van der Waals surface area contributed by atoms with Crippen molar-refractivity contribution in [1.82, 2.24) is 9.97 Å². The minimum absolute atomic E-state index is 0.0225. The first-order valence-corrected chi connectivity index (χ1v) is 5.43. The summed E-state index contributed by atoms with van der Waals surface area (Å²) in [6.45, 7) is 0. The summed E-state index contributed by atoms with van der Waals surface area (Å²) < 4.78 is 0. The molecule has 19 heavy (non-hydrogen) atoms. The highest BCUT2D eigenvalue weighted by molar-refractivity contribution is 6.20. The van der Waals surface area contributed by atoms with Gasteiger partial charge in [0.25, 0.3) is 5.56 Å². The Balaban J connectivity index is 2.53. The van der Waals surface area contributed by atoms with Crippen LogP contribution in [-0.4, -0.2) is 21.0 Å². The molecule has 0 bridgehead atoms. The van der Waals surface area contributed by atoms with Crippen molar-refractivity contribution in [2.24, 2.45) is 0 Å². The summed E-state index contributed by atoms with van der Waals surface area (Å²) in [6.07, 6.45) is 1.27. The van der Waals surface area contributed by atoms with Gasteiger partial charge in [0.2, 0.25) is 0 Å². The van der Waals surface area contributed by atoms with Crippen molar-refractivity contribution in [1.29, 1.82) is 0 Å². The number of nitrogen functional groups attached to an aromatic ring is 1. The molecule has 0 saturated heterocycles. The summed E-state index contributed by atoms with van der Waals surface area (Å²) in [7, 11) is 0. The van der Waals surface area contributed by atoms with Gasteiger partial charge in [-0.25, -0.2) is 9.78 Å². The van der Waals surface area contributed by atoms with Gasteiger partial charge in [0.1, 0.15) is 11.6 Å². The molecule has 6 nitrogen and oxygen atoms in total. The number of hydrogen-bond acceptors (Lipinski definition) is 4. The van der Waals surface area contributed by atoms with Gasteiger partial charge in [-0.2, -0.15) is 0 Å². The number of anilines is 1. The summed E-state index contributed by atoms with van der Waals surface area (Å²) in [4.78, 5) is 28.8. The van der Waals surface area contributed by atoms with Crippen molar-refractivity contribution in [2.75, 3.05) is 5.73 Å². The number of nitrogens with two attached hydrogens (primary N) is 1. The third-order valence-electron chi connectivity index (χ3n) is 2.38. The zero-order valence-corrected chi connectivity index (χ0v) is 9.83. The van der Waals surface area contributed by atoms with Gasteiger partial charge in [-0.3, -0.25) is 4.79 Å². The number of H-pyrrole nitrogens is 1. The second-order valence-electron chi connectivity index (χ2n) is 3.78. The Kier molecular flexibility index (Phi) is 3.42. The smallest absolute Gasteiger partial charge is 0.336 e. The van der Waals surface area contributed by atoms with Crippen LogP contribution in [0.1, 0.15) is 11.4 Å². The van der Waals surface area contributed by atoms with E-state index in [1.165, 1.54) is 6.08 Å². The topological polar surface area (TPSA) is 109 Å². The maximum absolute atomic E-state index is 11.3. The second kappa shape index (κ2) is 5.18. The highest BCUT2D eigenvalue weighted by Gasteiger charge is 2.10. The van der Waals surface area contributed by atoms with Crippen molar-refractivity contribution >= 4 is 23.4 Å². The Bertz CT molecular complexity index is 690. The number of carboxylic acids is 1. The van der Waals surface area contributed by atoms with Crippen LogP contribution in [0.4, 0.5) is 5.82 Å². The number of rotatable bonds is 3. The van der Waals surface area contributed by atoms with E-state index in [2.05, 4.69) is 9.97 Å². The van der Waals surface area contributed by atoms with Gasteiger partial charge in [-0.15, -0.1) is 0 Å². The molecule has 2 aromatic rings. The lowest BCUT2D eigenvalue weighted by Crippen LogP contribution is -2.11. The number of nitrogens with zero attached hydrogens (tertiary/aromatic N) is 1.